The van der Waals surface area contributed by atoms with Gasteiger partial charge in [0.25, 0.3) is 0 Å². The van der Waals surface area contributed by atoms with E-state index in [2.05, 4.69) is 26.2 Å². The van der Waals surface area contributed by atoms with Gasteiger partial charge < -0.3 is 15.2 Å². The Bertz CT molecular complexity index is 517. The number of aromatic nitrogens is 1. The second-order valence-electron chi connectivity index (χ2n) is 5.52. The van der Waals surface area contributed by atoms with Crippen molar-refractivity contribution in [3.8, 4) is 0 Å². The lowest BCUT2D eigenvalue weighted by Gasteiger charge is -2.21. The summed E-state index contributed by atoms with van der Waals surface area (Å²) in [6.07, 6.45) is 0.950. The zero-order valence-corrected chi connectivity index (χ0v) is 15.0. The van der Waals surface area contributed by atoms with Crippen molar-refractivity contribution in [2.45, 2.75) is 38.2 Å². The second kappa shape index (κ2) is 8.38. The molecule has 2 N–H and O–H groups in total. The maximum absolute atomic E-state index is 11.6. The smallest absolute Gasteiger partial charge is 0.408 e. The van der Waals surface area contributed by atoms with Crippen LogP contribution >= 0.6 is 27.7 Å². The van der Waals surface area contributed by atoms with Crippen LogP contribution in [0.25, 0.3) is 0 Å². The van der Waals surface area contributed by atoms with E-state index in [1.807, 2.05) is 12.1 Å². The normalized spacial score (nSPS) is 12.5. The zero-order valence-electron chi connectivity index (χ0n) is 12.6. The number of hydrogen-bond donors (Lipinski definition) is 2. The Morgan fingerprint density at radius 3 is 2.64 bits per heavy atom. The van der Waals surface area contributed by atoms with Crippen molar-refractivity contribution >= 4 is 39.8 Å². The van der Waals surface area contributed by atoms with E-state index in [4.69, 9.17) is 9.84 Å². The summed E-state index contributed by atoms with van der Waals surface area (Å²) in [5.41, 5.74) is 0.177. The average molecular weight is 391 g/mol. The largest absolute Gasteiger partial charge is 0.480 e. The Balaban J connectivity index is 2.46. The lowest BCUT2D eigenvalue weighted by molar-refractivity contribution is -0.138. The number of carboxylic acid groups (broad SMARTS) is 1. The van der Waals surface area contributed by atoms with Gasteiger partial charge in [-0.3, -0.25) is 4.98 Å². The molecule has 8 heteroatoms. The molecule has 1 atom stereocenters. The zero-order chi connectivity index (χ0) is 16.8. The predicted molar refractivity (Wildman–Crippen MR) is 88.9 cm³/mol. The Morgan fingerprint density at radius 2 is 2.14 bits per heavy atom. The molecular formula is C14H19BrN2O4S. The van der Waals surface area contributed by atoms with Gasteiger partial charge in [-0.2, -0.15) is 11.8 Å². The van der Waals surface area contributed by atoms with E-state index in [-0.39, 0.29) is 5.75 Å². The quantitative estimate of drug-likeness (QED) is 0.775. The highest BCUT2D eigenvalue weighted by Gasteiger charge is 2.23. The van der Waals surface area contributed by atoms with Crippen LogP contribution in [0.2, 0.25) is 0 Å². The van der Waals surface area contributed by atoms with Crippen LogP contribution in [-0.2, 0) is 15.3 Å². The van der Waals surface area contributed by atoms with E-state index >= 15 is 0 Å². The van der Waals surface area contributed by atoms with Crippen molar-refractivity contribution in [1.29, 1.82) is 0 Å². The number of ether oxygens (including phenoxy) is 1. The number of aliphatic carboxylic acids is 1. The van der Waals surface area contributed by atoms with Gasteiger partial charge in [0.1, 0.15) is 11.6 Å². The van der Waals surface area contributed by atoms with Gasteiger partial charge in [0.2, 0.25) is 0 Å². The number of hydrogen-bond acceptors (Lipinski definition) is 5. The number of halogens is 1. The highest BCUT2D eigenvalue weighted by molar-refractivity contribution is 9.10. The maximum atomic E-state index is 11.6. The van der Waals surface area contributed by atoms with E-state index < -0.39 is 23.7 Å². The molecule has 0 spiro atoms. The summed E-state index contributed by atoms with van der Waals surface area (Å²) >= 11 is 4.68. The first kappa shape index (κ1) is 18.8. The fourth-order valence-corrected chi connectivity index (χ4v) is 2.59. The number of carboxylic acids is 1. The van der Waals surface area contributed by atoms with Gasteiger partial charge in [0.05, 0.1) is 5.69 Å². The van der Waals surface area contributed by atoms with Crippen LogP contribution in [0.15, 0.2) is 22.8 Å². The highest BCUT2D eigenvalue weighted by atomic mass is 79.9. The van der Waals surface area contributed by atoms with Gasteiger partial charge in [-0.15, -0.1) is 0 Å². The van der Waals surface area contributed by atoms with Crippen molar-refractivity contribution in [2.75, 3.05) is 5.75 Å². The number of nitrogens with one attached hydrogen (secondary N) is 1. The minimum Gasteiger partial charge on any atom is -0.480 e. The number of thioether (sulfide) groups is 1. The third-order valence-electron chi connectivity index (χ3n) is 2.31. The van der Waals surface area contributed by atoms with Gasteiger partial charge in [-0.25, -0.2) is 9.59 Å². The van der Waals surface area contributed by atoms with Crippen LogP contribution in [-0.4, -0.2) is 39.5 Å². The molecule has 0 aliphatic heterocycles. The van der Waals surface area contributed by atoms with Crippen molar-refractivity contribution < 1.29 is 19.4 Å². The van der Waals surface area contributed by atoms with Crippen molar-refractivity contribution in [3.05, 3.63) is 28.5 Å². The third kappa shape index (κ3) is 7.65. The summed E-state index contributed by atoms with van der Waals surface area (Å²) in [4.78, 5) is 27.0. The second-order valence-corrected chi connectivity index (χ2v) is 7.47. The minimum absolute atomic E-state index is 0.228. The summed E-state index contributed by atoms with van der Waals surface area (Å²) in [5, 5.41) is 11.5. The Kier molecular flexibility index (Phi) is 7.15. The Labute approximate surface area is 142 Å². The van der Waals surface area contributed by atoms with Crippen molar-refractivity contribution in [1.82, 2.24) is 10.3 Å². The first-order valence-electron chi connectivity index (χ1n) is 6.58. The lowest BCUT2D eigenvalue weighted by Crippen LogP contribution is -2.44. The molecule has 0 aromatic carbocycles. The predicted octanol–water partition coefficient (Wildman–Crippen LogP) is 3.06. The molecule has 0 bridgehead atoms. The van der Waals surface area contributed by atoms with Crippen LogP contribution < -0.4 is 5.32 Å². The van der Waals surface area contributed by atoms with Gasteiger partial charge in [0.15, 0.2) is 0 Å². The molecule has 1 unspecified atom stereocenters. The first-order valence-corrected chi connectivity index (χ1v) is 8.52. The average Bonchev–Trinajstić information content (AvgIpc) is 2.37. The highest BCUT2D eigenvalue weighted by Crippen LogP contribution is 2.14. The molecule has 1 amide bonds. The Morgan fingerprint density at radius 1 is 1.45 bits per heavy atom. The fourth-order valence-electron chi connectivity index (χ4n) is 1.40. The number of carbonyl (C=O) groups is 2. The molecule has 0 radical (unpaired) electrons. The summed E-state index contributed by atoms with van der Waals surface area (Å²) in [7, 11) is 0. The molecule has 6 nitrogen and oxygen atoms in total. The monoisotopic (exact) mass is 390 g/mol. The summed E-state index contributed by atoms with van der Waals surface area (Å²) in [6.45, 7) is 5.16. The van der Waals surface area contributed by atoms with E-state index in [1.165, 1.54) is 11.8 Å². The molecule has 22 heavy (non-hydrogen) atoms. The molecule has 1 rings (SSSR count). The van der Waals surface area contributed by atoms with E-state index in [0.29, 0.717) is 5.75 Å². The number of rotatable bonds is 6. The summed E-state index contributed by atoms with van der Waals surface area (Å²) in [6, 6.07) is 2.72. The molecule has 1 aromatic rings. The number of carbonyl (C=O) groups excluding carboxylic acids is 1. The molecule has 0 saturated heterocycles. The van der Waals surface area contributed by atoms with Crippen LogP contribution in [0, 0.1) is 0 Å². The molecule has 0 aliphatic rings. The molecule has 122 valence electrons. The first-order chi connectivity index (χ1) is 10.2. The SMILES string of the molecule is CC(C)(C)OC(=O)NC(CSCc1ccc(Br)cn1)C(=O)O. The molecule has 0 saturated carbocycles. The van der Waals surface area contributed by atoms with Gasteiger partial charge in [0, 0.05) is 22.2 Å². The van der Waals surface area contributed by atoms with Crippen LogP contribution in [0.3, 0.4) is 0 Å². The molecular weight excluding hydrogens is 372 g/mol. The number of alkyl carbamates (subject to hydrolysis) is 1. The number of nitrogens with zero attached hydrogens (tertiary/aromatic N) is 1. The van der Waals surface area contributed by atoms with Crippen molar-refractivity contribution in [3.63, 3.8) is 0 Å². The standard InChI is InChI=1S/C14H19BrN2O4S/c1-14(2,3)21-13(20)17-11(12(18)19)8-22-7-10-5-4-9(15)6-16-10/h4-6,11H,7-8H2,1-3H3,(H,17,20)(H,18,19). The van der Waals surface area contributed by atoms with Gasteiger partial charge >= 0.3 is 12.1 Å². The van der Waals surface area contributed by atoms with Crippen LogP contribution in [0.4, 0.5) is 4.79 Å². The Hall–Kier alpha value is -1.28. The van der Waals surface area contributed by atoms with E-state index in [1.54, 1.807) is 27.0 Å². The van der Waals surface area contributed by atoms with E-state index in [9.17, 15) is 9.59 Å². The molecule has 0 aliphatic carbocycles. The maximum Gasteiger partial charge on any atom is 0.408 e. The number of pyridine rings is 1. The summed E-state index contributed by atoms with van der Waals surface area (Å²) < 4.78 is 5.94. The summed E-state index contributed by atoms with van der Waals surface area (Å²) in [5.74, 6) is -0.304. The van der Waals surface area contributed by atoms with Crippen LogP contribution in [0.5, 0.6) is 0 Å². The number of amides is 1. The van der Waals surface area contributed by atoms with Gasteiger partial charge in [-0.1, -0.05) is 0 Å². The topological polar surface area (TPSA) is 88.5 Å². The lowest BCUT2D eigenvalue weighted by atomic mass is 10.2. The van der Waals surface area contributed by atoms with Crippen molar-refractivity contribution in [2.24, 2.45) is 0 Å². The third-order valence-corrected chi connectivity index (χ3v) is 3.85. The van der Waals surface area contributed by atoms with Crippen LogP contribution in [0.1, 0.15) is 26.5 Å². The molecule has 0 fully saturated rings. The fraction of sp³-hybridized carbons (Fsp3) is 0.500. The molecule has 1 aromatic heterocycles. The van der Waals surface area contributed by atoms with Gasteiger partial charge in [-0.05, 0) is 48.8 Å². The minimum atomic E-state index is -1.10. The molecule has 1 heterocycles. The van der Waals surface area contributed by atoms with E-state index in [0.717, 1.165) is 10.2 Å².